The molecule has 1 fully saturated rings. The third-order valence-electron chi connectivity index (χ3n) is 3.17. The molecule has 0 bridgehead atoms. The molecule has 1 aliphatic rings. The van der Waals surface area contributed by atoms with Gasteiger partial charge in [0.05, 0.1) is 11.7 Å². The van der Waals surface area contributed by atoms with Crippen LogP contribution in [0.2, 0.25) is 0 Å². The molecule has 0 unspecified atom stereocenters. The second kappa shape index (κ2) is 4.35. The molecule has 2 aromatic rings. The number of carboxylic acid groups (broad SMARTS) is 1. The van der Waals surface area contributed by atoms with Crippen molar-refractivity contribution in [1.29, 1.82) is 0 Å². The lowest BCUT2D eigenvalue weighted by molar-refractivity contribution is -0.131. The number of carbonyl (C=O) groups is 2. The third-order valence-corrected chi connectivity index (χ3v) is 3.17. The summed E-state index contributed by atoms with van der Waals surface area (Å²) in [7, 11) is 0. The van der Waals surface area contributed by atoms with Crippen molar-refractivity contribution >= 4 is 11.8 Å². The van der Waals surface area contributed by atoms with E-state index in [2.05, 4.69) is 5.10 Å². The maximum Gasteiger partial charge on any atom is 0.377 e. The van der Waals surface area contributed by atoms with Crippen LogP contribution in [-0.2, 0) is 4.79 Å². The predicted octanol–water partition coefficient (Wildman–Crippen LogP) is 2.15. The zero-order chi connectivity index (χ0) is 13.4. The van der Waals surface area contributed by atoms with Crippen molar-refractivity contribution in [2.24, 2.45) is 0 Å². The fourth-order valence-corrected chi connectivity index (χ4v) is 1.95. The van der Waals surface area contributed by atoms with Crippen LogP contribution < -0.4 is 0 Å². The number of carboxylic acids is 1. The summed E-state index contributed by atoms with van der Waals surface area (Å²) in [5, 5.41) is 13.1. The van der Waals surface area contributed by atoms with Gasteiger partial charge in [0, 0.05) is 17.3 Å². The fraction of sp³-hybridized carbons (Fsp3) is 0.214. The number of rotatable bonds is 4. The Labute approximate surface area is 109 Å². The second-order valence-electron chi connectivity index (χ2n) is 4.62. The number of aliphatic carboxylic acids is 1. The topological polar surface area (TPSA) is 72.2 Å². The van der Waals surface area contributed by atoms with E-state index in [9.17, 15) is 9.59 Å². The van der Waals surface area contributed by atoms with Gasteiger partial charge >= 0.3 is 5.97 Å². The second-order valence-corrected chi connectivity index (χ2v) is 4.62. The van der Waals surface area contributed by atoms with E-state index in [1.165, 1.54) is 25.0 Å². The number of benzene rings is 1. The first-order valence-electron chi connectivity index (χ1n) is 6.08. The molecule has 0 atom stereocenters. The lowest BCUT2D eigenvalue weighted by Crippen LogP contribution is -2.12. The summed E-state index contributed by atoms with van der Waals surface area (Å²) < 4.78 is 1.95. The van der Waals surface area contributed by atoms with E-state index in [1.54, 1.807) is 12.1 Å². The first-order valence-corrected chi connectivity index (χ1v) is 6.08. The number of carbonyl (C=O) groups excluding carboxylic acids is 1. The number of nitrogens with zero attached hydrogens (tertiary/aromatic N) is 2. The molecule has 0 spiro atoms. The molecule has 0 amide bonds. The van der Waals surface area contributed by atoms with Gasteiger partial charge in [-0.15, -0.1) is 0 Å². The molecule has 1 aliphatic carbocycles. The molecule has 0 aliphatic heterocycles. The molecule has 1 aromatic heterocycles. The largest absolute Gasteiger partial charge is 0.475 e. The highest BCUT2D eigenvalue weighted by Crippen LogP contribution is 2.34. The van der Waals surface area contributed by atoms with Crippen molar-refractivity contribution in [2.75, 3.05) is 0 Å². The van der Waals surface area contributed by atoms with Crippen molar-refractivity contribution in [3.63, 3.8) is 0 Å². The highest BCUT2D eigenvalue weighted by molar-refractivity contribution is 6.39. The van der Waals surface area contributed by atoms with E-state index in [1.807, 2.05) is 16.9 Å². The molecule has 0 saturated heterocycles. The Balaban J connectivity index is 1.84. The maximum atomic E-state index is 11.3. The van der Waals surface area contributed by atoms with Crippen molar-refractivity contribution < 1.29 is 14.7 Å². The molecule has 1 saturated carbocycles. The fourth-order valence-electron chi connectivity index (χ4n) is 1.95. The minimum Gasteiger partial charge on any atom is -0.475 e. The van der Waals surface area contributed by atoms with Crippen LogP contribution >= 0.6 is 0 Å². The Morgan fingerprint density at radius 1 is 1.16 bits per heavy atom. The Morgan fingerprint density at radius 2 is 1.84 bits per heavy atom. The van der Waals surface area contributed by atoms with Crippen LogP contribution in [-0.4, -0.2) is 26.6 Å². The number of hydrogen-bond acceptors (Lipinski definition) is 3. The summed E-state index contributed by atoms with van der Waals surface area (Å²) in [6, 6.07) is 8.92. The first-order chi connectivity index (χ1) is 9.15. The zero-order valence-corrected chi connectivity index (χ0v) is 10.1. The normalized spacial score (nSPS) is 14.3. The average Bonchev–Trinajstić information content (AvgIpc) is 3.16. The predicted molar refractivity (Wildman–Crippen MR) is 67.9 cm³/mol. The molecule has 96 valence electrons. The number of ketones is 1. The minimum atomic E-state index is -1.44. The number of aromatic nitrogens is 2. The van der Waals surface area contributed by atoms with Gasteiger partial charge in [0.2, 0.25) is 0 Å². The third kappa shape index (κ3) is 2.27. The molecule has 5 nitrogen and oxygen atoms in total. The summed E-state index contributed by atoms with van der Waals surface area (Å²) in [6.45, 7) is 0. The van der Waals surface area contributed by atoms with Crippen LogP contribution in [0.5, 0.6) is 0 Å². The van der Waals surface area contributed by atoms with Crippen LogP contribution in [0, 0.1) is 0 Å². The molecule has 19 heavy (non-hydrogen) atoms. The van der Waals surface area contributed by atoms with E-state index in [0.29, 0.717) is 6.04 Å². The van der Waals surface area contributed by atoms with Gasteiger partial charge < -0.3 is 5.11 Å². The SMILES string of the molecule is O=C(O)C(=O)c1ccc(-c2ccn(C3CC3)n2)cc1. The number of hydrogen-bond donors (Lipinski definition) is 1. The smallest absolute Gasteiger partial charge is 0.377 e. The highest BCUT2D eigenvalue weighted by atomic mass is 16.4. The van der Waals surface area contributed by atoms with Crippen molar-refractivity contribution in [3.05, 3.63) is 42.1 Å². The molecule has 1 aromatic carbocycles. The Morgan fingerprint density at radius 3 is 2.42 bits per heavy atom. The van der Waals surface area contributed by atoms with Crippen molar-refractivity contribution in [2.45, 2.75) is 18.9 Å². The Bertz CT molecular complexity index is 639. The molecule has 3 rings (SSSR count). The van der Waals surface area contributed by atoms with Gasteiger partial charge in [-0.1, -0.05) is 24.3 Å². The first kappa shape index (κ1) is 11.6. The van der Waals surface area contributed by atoms with Gasteiger partial charge in [-0.05, 0) is 18.9 Å². The summed E-state index contributed by atoms with van der Waals surface area (Å²) in [4.78, 5) is 21.8. The lowest BCUT2D eigenvalue weighted by atomic mass is 10.1. The quantitative estimate of drug-likeness (QED) is 0.672. The van der Waals surface area contributed by atoms with Gasteiger partial charge in [-0.3, -0.25) is 9.48 Å². The van der Waals surface area contributed by atoms with Gasteiger partial charge in [0.1, 0.15) is 0 Å². The van der Waals surface area contributed by atoms with Gasteiger partial charge in [-0.25, -0.2) is 4.79 Å². The van der Waals surface area contributed by atoms with E-state index in [0.717, 1.165) is 11.3 Å². The summed E-state index contributed by atoms with van der Waals surface area (Å²) >= 11 is 0. The maximum absolute atomic E-state index is 11.3. The lowest BCUT2D eigenvalue weighted by Gasteiger charge is -2.00. The van der Waals surface area contributed by atoms with E-state index in [-0.39, 0.29) is 5.56 Å². The molecule has 0 radical (unpaired) electrons. The van der Waals surface area contributed by atoms with Crippen LogP contribution in [0.15, 0.2) is 36.5 Å². The monoisotopic (exact) mass is 256 g/mol. The van der Waals surface area contributed by atoms with Gasteiger partial charge in [0.15, 0.2) is 0 Å². The average molecular weight is 256 g/mol. The molecule has 1 heterocycles. The van der Waals surface area contributed by atoms with Crippen LogP contribution in [0.25, 0.3) is 11.3 Å². The molecular weight excluding hydrogens is 244 g/mol. The standard InChI is InChI=1S/C14H12N2O3/c17-13(14(18)19)10-3-1-9(2-4-10)12-7-8-16(15-12)11-5-6-11/h1-4,7-8,11H,5-6H2,(H,18,19). The Hall–Kier alpha value is -2.43. The van der Waals surface area contributed by atoms with Gasteiger partial charge in [-0.2, -0.15) is 5.10 Å². The zero-order valence-electron chi connectivity index (χ0n) is 10.1. The van der Waals surface area contributed by atoms with Crippen molar-refractivity contribution in [1.82, 2.24) is 9.78 Å². The summed E-state index contributed by atoms with van der Waals surface area (Å²) in [6.07, 6.45) is 4.30. The highest BCUT2D eigenvalue weighted by Gasteiger charge is 2.24. The molecular formula is C14H12N2O3. The summed E-state index contributed by atoms with van der Waals surface area (Å²) in [5.41, 5.74) is 1.89. The molecule has 1 N–H and O–H groups in total. The van der Waals surface area contributed by atoms with E-state index >= 15 is 0 Å². The van der Waals surface area contributed by atoms with Crippen molar-refractivity contribution in [3.8, 4) is 11.3 Å². The van der Waals surface area contributed by atoms with E-state index in [4.69, 9.17) is 5.11 Å². The molecule has 5 heteroatoms. The van der Waals surface area contributed by atoms with E-state index < -0.39 is 11.8 Å². The van der Waals surface area contributed by atoms with Crippen LogP contribution in [0.3, 0.4) is 0 Å². The van der Waals surface area contributed by atoms with Crippen LogP contribution in [0.1, 0.15) is 29.2 Å². The summed E-state index contributed by atoms with van der Waals surface area (Å²) in [5.74, 6) is -2.33. The van der Waals surface area contributed by atoms with Gasteiger partial charge in [0.25, 0.3) is 5.78 Å². The number of Topliss-reactive ketones (excluding diaryl/α,β-unsaturated/α-hetero) is 1. The Kier molecular flexibility index (Phi) is 2.67. The minimum absolute atomic E-state index is 0.179. The van der Waals surface area contributed by atoms with Crippen LogP contribution in [0.4, 0.5) is 0 Å².